The van der Waals surface area contributed by atoms with Gasteiger partial charge in [0.05, 0.1) is 11.9 Å². The zero-order valence-electron chi connectivity index (χ0n) is 7.21. The lowest BCUT2D eigenvalue weighted by atomic mass is 10.3. The fraction of sp³-hybridized carbons (Fsp3) is 0.429. The Morgan fingerprint density at radius 2 is 2.31 bits per heavy atom. The van der Waals surface area contributed by atoms with Gasteiger partial charge in [-0.3, -0.25) is 0 Å². The molecule has 0 bridgehead atoms. The Morgan fingerprint density at radius 3 is 2.77 bits per heavy atom. The van der Waals surface area contributed by atoms with Gasteiger partial charge in [-0.15, -0.1) is 0 Å². The molecule has 1 aromatic rings. The summed E-state index contributed by atoms with van der Waals surface area (Å²) >= 11 is 0. The number of nitrogens with zero attached hydrogens (tertiary/aromatic N) is 1. The maximum Gasteiger partial charge on any atom is 0.235 e. The molecule has 0 aliphatic rings. The van der Waals surface area contributed by atoms with Crippen molar-refractivity contribution in [3.8, 4) is 0 Å². The molecule has 0 amide bonds. The smallest absolute Gasteiger partial charge is 0.235 e. The van der Waals surface area contributed by atoms with Crippen LogP contribution < -0.4 is 5.73 Å². The summed E-state index contributed by atoms with van der Waals surface area (Å²) in [6.45, 7) is -0.000463. The second-order valence-electron chi connectivity index (χ2n) is 2.74. The molecule has 1 rings (SSSR count). The van der Waals surface area contributed by atoms with E-state index < -0.39 is 16.1 Å². The van der Waals surface area contributed by atoms with Crippen LogP contribution in [0.3, 0.4) is 0 Å². The van der Waals surface area contributed by atoms with E-state index in [0.29, 0.717) is 5.69 Å². The molecule has 74 valence electrons. The lowest BCUT2D eigenvalue weighted by molar-refractivity contribution is 0.181. The van der Waals surface area contributed by atoms with E-state index in [9.17, 15) is 13.5 Å². The van der Waals surface area contributed by atoms with Crippen molar-refractivity contribution in [2.24, 2.45) is 5.73 Å². The molecule has 0 saturated heterocycles. The van der Waals surface area contributed by atoms with Gasteiger partial charge in [-0.1, -0.05) is 0 Å². The number of hydrogen-bond acceptors (Lipinski definition) is 4. The normalized spacial score (nSPS) is 14.4. The fourth-order valence-electron chi connectivity index (χ4n) is 1.06. The Balaban J connectivity index is 3.18. The van der Waals surface area contributed by atoms with Crippen LogP contribution in [-0.4, -0.2) is 30.3 Å². The zero-order chi connectivity index (χ0) is 10.1. The van der Waals surface area contributed by atoms with E-state index in [-0.39, 0.29) is 6.54 Å². The van der Waals surface area contributed by atoms with Crippen molar-refractivity contribution in [3.63, 3.8) is 0 Å². The highest BCUT2D eigenvalue weighted by molar-refractivity contribution is 7.89. The third-order valence-electron chi connectivity index (χ3n) is 1.66. The van der Waals surface area contributed by atoms with E-state index >= 15 is 0 Å². The van der Waals surface area contributed by atoms with Gasteiger partial charge in [-0.25, -0.2) is 12.4 Å². The van der Waals surface area contributed by atoms with Crippen LogP contribution in [0.2, 0.25) is 0 Å². The summed E-state index contributed by atoms with van der Waals surface area (Å²) < 4.78 is 23.3. The topological polar surface area (TPSA) is 85.3 Å². The first-order valence-electron chi connectivity index (χ1n) is 3.72. The average molecular weight is 204 g/mol. The largest absolute Gasteiger partial charge is 0.386 e. The molecule has 0 aromatic carbocycles. The van der Waals surface area contributed by atoms with Crippen molar-refractivity contribution in [1.29, 1.82) is 0 Å². The number of nitrogens with two attached hydrogens (primary N) is 1. The van der Waals surface area contributed by atoms with Crippen LogP contribution >= 0.6 is 0 Å². The molecule has 5 nitrogen and oxygen atoms in total. The van der Waals surface area contributed by atoms with Crippen molar-refractivity contribution < 1.29 is 13.5 Å². The quantitative estimate of drug-likeness (QED) is 0.681. The average Bonchev–Trinajstić information content (AvgIpc) is 2.49. The highest BCUT2D eigenvalue weighted by Crippen LogP contribution is 2.13. The third kappa shape index (κ3) is 2.09. The molecular weight excluding hydrogens is 192 g/mol. The lowest BCUT2D eigenvalue weighted by Crippen LogP contribution is -2.19. The first-order chi connectivity index (χ1) is 5.96. The highest BCUT2D eigenvalue weighted by atomic mass is 32.2. The molecule has 0 aliphatic heterocycles. The van der Waals surface area contributed by atoms with Gasteiger partial charge in [-0.05, 0) is 12.1 Å². The molecule has 1 aromatic heterocycles. The Bertz CT molecular complexity index is 382. The third-order valence-corrected chi connectivity index (χ3v) is 2.71. The molecule has 0 radical (unpaired) electrons. The lowest BCUT2D eigenvalue weighted by Gasteiger charge is -2.10. The molecule has 13 heavy (non-hydrogen) atoms. The molecule has 0 saturated carbocycles. The monoisotopic (exact) mass is 204 g/mol. The van der Waals surface area contributed by atoms with Crippen LogP contribution in [0.25, 0.3) is 0 Å². The maximum atomic E-state index is 11.1. The summed E-state index contributed by atoms with van der Waals surface area (Å²) in [5.74, 6) is 0. The van der Waals surface area contributed by atoms with Crippen LogP contribution in [0.5, 0.6) is 0 Å². The molecule has 0 aliphatic carbocycles. The van der Waals surface area contributed by atoms with Crippen molar-refractivity contribution in [3.05, 3.63) is 24.0 Å². The Morgan fingerprint density at radius 1 is 1.69 bits per heavy atom. The second kappa shape index (κ2) is 3.49. The Kier molecular flexibility index (Phi) is 2.74. The van der Waals surface area contributed by atoms with Crippen LogP contribution in [0.1, 0.15) is 11.8 Å². The predicted octanol–water partition coefficient (Wildman–Crippen LogP) is -0.712. The standard InChI is InChI=1S/C7H12N2O3S/c1-13(11,12)9-4-2-3-6(9)7(10)5-8/h2-4,7,10H,5,8H2,1H3. The predicted molar refractivity (Wildman–Crippen MR) is 48.7 cm³/mol. The van der Waals surface area contributed by atoms with Crippen molar-refractivity contribution in [1.82, 2.24) is 3.97 Å². The molecule has 3 N–H and O–H groups in total. The van der Waals surface area contributed by atoms with Gasteiger partial charge in [0.15, 0.2) is 0 Å². The van der Waals surface area contributed by atoms with Crippen LogP contribution in [-0.2, 0) is 10.0 Å². The minimum atomic E-state index is -3.34. The molecule has 1 unspecified atom stereocenters. The van der Waals surface area contributed by atoms with Crippen molar-refractivity contribution >= 4 is 10.0 Å². The van der Waals surface area contributed by atoms with Crippen LogP contribution in [0.4, 0.5) is 0 Å². The number of aromatic nitrogens is 1. The number of rotatable bonds is 3. The SMILES string of the molecule is CS(=O)(=O)n1cccc1C(O)CN. The summed E-state index contributed by atoms with van der Waals surface area (Å²) in [6, 6.07) is 3.08. The van der Waals surface area contributed by atoms with Crippen molar-refractivity contribution in [2.45, 2.75) is 6.10 Å². The van der Waals surface area contributed by atoms with E-state index in [1.165, 1.54) is 12.3 Å². The van der Waals surface area contributed by atoms with E-state index in [1.807, 2.05) is 0 Å². The molecule has 0 fully saturated rings. The van der Waals surface area contributed by atoms with Gasteiger partial charge in [0.2, 0.25) is 10.0 Å². The molecule has 1 heterocycles. The van der Waals surface area contributed by atoms with Gasteiger partial charge in [0, 0.05) is 12.7 Å². The summed E-state index contributed by atoms with van der Waals surface area (Å²) in [4.78, 5) is 0. The molecule has 0 spiro atoms. The Hall–Kier alpha value is -0.850. The molecule has 6 heteroatoms. The summed E-state index contributed by atoms with van der Waals surface area (Å²) in [5, 5.41) is 9.35. The minimum absolute atomic E-state index is 0.000463. The van der Waals surface area contributed by atoms with Crippen LogP contribution in [0.15, 0.2) is 18.3 Å². The number of aliphatic hydroxyl groups excluding tert-OH is 1. The van der Waals surface area contributed by atoms with E-state index in [0.717, 1.165) is 10.2 Å². The first-order valence-corrected chi connectivity index (χ1v) is 5.57. The second-order valence-corrected chi connectivity index (χ2v) is 4.60. The Labute approximate surface area is 76.8 Å². The van der Waals surface area contributed by atoms with E-state index in [4.69, 9.17) is 5.73 Å². The van der Waals surface area contributed by atoms with Crippen LogP contribution in [0, 0.1) is 0 Å². The summed E-state index contributed by atoms with van der Waals surface area (Å²) in [5.41, 5.74) is 5.51. The van der Waals surface area contributed by atoms with E-state index in [1.54, 1.807) is 6.07 Å². The first kappa shape index (κ1) is 10.2. The van der Waals surface area contributed by atoms with Gasteiger partial charge in [-0.2, -0.15) is 0 Å². The fourth-order valence-corrected chi connectivity index (χ4v) is 1.92. The number of aliphatic hydroxyl groups is 1. The maximum absolute atomic E-state index is 11.1. The van der Waals surface area contributed by atoms with Crippen molar-refractivity contribution in [2.75, 3.05) is 12.8 Å². The van der Waals surface area contributed by atoms with Gasteiger partial charge in [0.1, 0.15) is 6.10 Å². The summed E-state index contributed by atoms with van der Waals surface area (Å²) in [6.07, 6.45) is 1.51. The van der Waals surface area contributed by atoms with Gasteiger partial charge in [0.25, 0.3) is 0 Å². The minimum Gasteiger partial charge on any atom is -0.386 e. The van der Waals surface area contributed by atoms with E-state index in [2.05, 4.69) is 0 Å². The van der Waals surface area contributed by atoms with Gasteiger partial charge >= 0.3 is 0 Å². The summed E-state index contributed by atoms with van der Waals surface area (Å²) in [7, 11) is -3.34. The number of hydrogen-bond donors (Lipinski definition) is 2. The molecule has 1 atom stereocenters. The van der Waals surface area contributed by atoms with Gasteiger partial charge < -0.3 is 10.8 Å². The molecular formula is C7H12N2O3S. The zero-order valence-corrected chi connectivity index (χ0v) is 8.03. The highest BCUT2D eigenvalue weighted by Gasteiger charge is 2.15.